The number of carbonyl (C=O) groups is 1. The smallest absolute Gasteiger partial charge is 0.228 e. The van der Waals surface area contributed by atoms with Crippen molar-refractivity contribution in [3.63, 3.8) is 0 Å². The Bertz CT molecular complexity index is 401. The zero-order chi connectivity index (χ0) is 13.9. The number of rotatable bonds is 3. The quantitative estimate of drug-likeness (QED) is 0.804. The van der Waals surface area contributed by atoms with E-state index in [2.05, 4.69) is 39.9 Å². The average Bonchev–Trinajstić information content (AvgIpc) is 2.18. The third-order valence-electron chi connectivity index (χ3n) is 3.06. The Kier molecular flexibility index (Phi) is 4.38. The summed E-state index contributed by atoms with van der Waals surface area (Å²) in [5, 5.41) is 2.96. The van der Waals surface area contributed by atoms with Crippen LogP contribution >= 0.6 is 0 Å². The molecule has 1 atom stereocenters. The molecular weight excluding hydrogens is 224 g/mol. The lowest BCUT2D eigenvalue weighted by atomic mass is 9.74. The minimum absolute atomic E-state index is 0.0185. The molecular formula is C15H24N2O. The summed E-state index contributed by atoms with van der Waals surface area (Å²) in [5.41, 5.74) is 7.07. The molecule has 3 nitrogen and oxygen atoms in total. The van der Waals surface area contributed by atoms with Crippen molar-refractivity contribution in [2.24, 2.45) is 17.3 Å². The molecule has 0 aromatic heterocycles. The van der Waals surface area contributed by atoms with E-state index in [-0.39, 0.29) is 17.2 Å². The number of hydrogen-bond acceptors (Lipinski definition) is 2. The fourth-order valence-corrected chi connectivity index (χ4v) is 2.48. The molecule has 100 valence electrons. The summed E-state index contributed by atoms with van der Waals surface area (Å²) in [6.45, 7) is 10.5. The van der Waals surface area contributed by atoms with Crippen LogP contribution in [0.25, 0.3) is 0 Å². The lowest BCUT2D eigenvalue weighted by Crippen LogP contribution is -2.36. The van der Waals surface area contributed by atoms with Gasteiger partial charge in [0, 0.05) is 17.3 Å². The zero-order valence-corrected chi connectivity index (χ0v) is 11.9. The highest BCUT2D eigenvalue weighted by Gasteiger charge is 2.33. The van der Waals surface area contributed by atoms with Gasteiger partial charge in [-0.1, -0.05) is 34.6 Å². The first-order chi connectivity index (χ1) is 8.21. The van der Waals surface area contributed by atoms with Gasteiger partial charge >= 0.3 is 0 Å². The Morgan fingerprint density at radius 3 is 2.06 bits per heavy atom. The van der Waals surface area contributed by atoms with E-state index in [4.69, 9.17) is 5.73 Å². The van der Waals surface area contributed by atoms with Crippen molar-refractivity contribution in [2.75, 3.05) is 11.1 Å². The molecule has 3 heteroatoms. The van der Waals surface area contributed by atoms with Crippen LogP contribution in [0.4, 0.5) is 11.4 Å². The topological polar surface area (TPSA) is 55.1 Å². The first-order valence-corrected chi connectivity index (χ1v) is 6.38. The molecule has 1 rings (SSSR count). The van der Waals surface area contributed by atoms with Crippen LogP contribution in [-0.4, -0.2) is 5.91 Å². The maximum absolute atomic E-state index is 12.3. The van der Waals surface area contributed by atoms with Gasteiger partial charge in [-0.15, -0.1) is 0 Å². The van der Waals surface area contributed by atoms with Crippen molar-refractivity contribution < 1.29 is 4.79 Å². The normalized spacial score (nSPS) is 13.4. The lowest BCUT2D eigenvalue weighted by molar-refractivity contribution is -0.124. The van der Waals surface area contributed by atoms with E-state index in [0.29, 0.717) is 11.6 Å². The largest absolute Gasteiger partial charge is 0.399 e. The predicted octanol–water partition coefficient (Wildman–Crippen LogP) is 3.53. The first-order valence-electron chi connectivity index (χ1n) is 6.38. The fraction of sp³-hybridized carbons (Fsp3) is 0.533. The van der Waals surface area contributed by atoms with Crippen LogP contribution < -0.4 is 11.1 Å². The van der Waals surface area contributed by atoms with E-state index in [1.165, 1.54) is 0 Å². The molecule has 0 aliphatic rings. The number of nitrogens with two attached hydrogens (primary N) is 1. The minimum atomic E-state index is -0.0495. The monoisotopic (exact) mass is 248 g/mol. The average molecular weight is 248 g/mol. The summed E-state index contributed by atoms with van der Waals surface area (Å²) < 4.78 is 0. The van der Waals surface area contributed by atoms with Crippen molar-refractivity contribution in [3.05, 3.63) is 24.3 Å². The minimum Gasteiger partial charge on any atom is -0.399 e. The molecule has 0 saturated carbocycles. The number of anilines is 2. The van der Waals surface area contributed by atoms with E-state index >= 15 is 0 Å². The predicted molar refractivity (Wildman–Crippen MR) is 77.3 cm³/mol. The van der Waals surface area contributed by atoms with Gasteiger partial charge < -0.3 is 11.1 Å². The third-order valence-corrected chi connectivity index (χ3v) is 3.06. The lowest BCUT2D eigenvalue weighted by Gasteiger charge is -2.32. The molecule has 0 fully saturated rings. The summed E-state index contributed by atoms with van der Waals surface area (Å²) in [6.07, 6.45) is 0. The molecule has 1 unspecified atom stereocenters. The SMILES string of the molecule is CC(C)C(C(=O)Nc1ccc(N)cc1)C(C)(C)C. The van der Waals surface area contributed by atoms with Gasteiger partial charge in [-0.3, -0.25) is 4.79 Å². The highest BCUT2D eigenvalue weighted by molar-refractivity contribution is 5.93. The number of hydrogen-bond donors (Lipinski definition) is 2. The third kappa shape index (κ3) is 3.76. The van der Waals surface area contributed by atoms with Crippen LogP contribution in [0.3, 0.4) is 0 Å². The maximum Gasteiger partial charge on any atom is 0.228 e. The Morgan fingerprint density at radius 1 is 1.17 bits per heavy atom. The van der Waals surface area contributed by atoms with Crippen LogP contribution in [0.2, 0.25) is 0 Å². The standard InChI is InChI=1S/C15H24N2O/c1-10(2)13(15(3,4)5)14(18)17-12-8-6-11(16)7-9-12/h6-10,13H,16H2,1-5H3,(H,17,18). The van der Waals surface area contributed by atoms with Crippen LogP contribution in [-0.2, 0) is 4.79 Å². The van der Waals surface area contributed by atoms with Gasteiger partial charge in [0.25, 0.3) is 0 Å². The zero-order valence-electron chi connectivity index (χ0n) is 11.9. The molecule has 0 aliphatic heterocycles. The van der Waals surface area contributed by atoms with Crippen molar-refractivity contribution in [1.82, 2.24) is 0 Å². The van der Waals surface area contributed by atoms with Crippen molar-refractivity contribution in [1.29, 1.82) is 0 Å². The number of carbonyl (C=O) groups excluding carboxylic acids is 1. The van der Waals surface area contributed by atoms with Gasteiger partial charge in [-0.2, -0.15) is 0 Å². The molecule has 1 amide bonds. The summed E-state index contributed by atoms with van der Waals surface area (Å²) in [6, 6.07) is 7.23. The van der Waals surface area contributed by atoms with E-state index in [0.717, 1.165) is 5.69 Å². The second-order valence-corrected chi connectivity index (χ2v) is 6.20. The Morgan fingerprint density at radius 2 is 1.67 bits per heavy atom. The molecule has 1 aromatic carbocycles. The van der Waals surface area contributed by atoms with Crippen molar-refractivity contribution >= 4 is 17.3 Å². The first kappa shape index (κ1) is 14.6. The van der Waals surface area contributed by atoms with Gasteiger partial charge in [0.2, 0.25) is 5.91 Å². The summed E-state index contributed by atoms with van der Waals surface area (Å²) in [4.78, 5) is 12.3. The van der Waals surface area contributed by atoms with Gasteiger partial charge in [-0.25, -0.2) is 0 Å². The Hall–Kier alpha value is -1.51. The number of amides is 1. The van der Waals surface area contributed by atoms with E-state index < -0.39 is 0 Å². The molecule has 1 aromatic rings. The van der Waals surface area contributed by atoms with Crippen LogP contribution in [0, 0.1) is 17.3 Å². The van der Waals surface area contributed by atoms with Gasteiger partial charge in [-0.05, 0) is 35.6 Å². The summed E-state index contributed by atoms with van der Waals surface area (Å²) in [7, 11) is 0. The Balaban J connectivity index is 2.83. The van der Waals surface area contributed by atoms with E-state index in [1.807, 2.05) is 12.1 Å². The van der Waals surface area contributed by atoms with Crippen LogP contribution in [0.5, 0.6) is 0 Å². The highest BCUT2D eigenvalue weighted by atomic mass is 16.1. The Labute approximate surface area is 110 Å². The fourth-order valence-electron chi connectivity index (χ4n) is 2.48. The molecule has 0 heterocycles. The summed E-state index contributed by atoms with van der Waals surface area (Å²) in [5.74, 6) is 0.358. The molecule has 0 radical (unpaired) electrons. The van der Waals surface area contributed by atoms with Gasteiger partial charge in [0.15, 0.2) is 0 Å². The summed E-state index contributed by atoms with van der Waals surface area (Å²) >= 11 is 0. The number of benzene rings is 1. The van der Waals surface area contributed by atoms with Gasteiger partial charge in [0.1, 0.15) is 0 Å². The molecule has 0 aliphatic carbocycles. The molecule has 0 saturated heterocycles. The maximum atomic E-state index is 12.3. The van der Waals surface area contributed by atoms with Crippen LogP contribution in [0.1, 0.15) is 34.6 Å². The second-order valence-electron chi connectivity index (χ2n) is 6.20. The van der Waals surface area contributed by atoms with E-state index in [1.54, 1.807) is 12.1 Å². The van der Waals surface area contributed by atoms with Crippen LogP contribution in [0.15, 0.2) is 24.3 Å². The molecule has 18 heavy (non-hydrogen) atoms. The molecule has 0 spiro atoms. The van der Waals surface area contributed by atoms with Crippen molar-refractivity contribution in [2.45, 2.75) is 34.6 Å². The number of nitrogens with one attached hydrogen (secondary N) is 1. The number of nitrogen functional groups attached to an aromatic ring is 1. The highest BCUT2D eigenvalue weighted by Crippen LogP contribution is 2.33. The van der Waals surface area contributed by atoms with E-state index in [9.17, 15) is 4.79 Å². The second kappa shape index (κ2) is 5.42. The molecule has 0 bridgehead atoms. The van der Waals surface area contributed by atoms with Gasteiger partial charge in [0.05, 0.1) is 0 Å². The molecule has 3 N–H and O–H groups in total. The van der Waals surface area contributed by atoms with Crippen molar-refractivity contribution in [3.8, 4) is 0 Å².